The van der Waals surface area contributed by atoms with Crippen molar-refractivity contribution >= 4 is 23.2 Å². The van der Waals surface area contributed by atoms with Crippen molar-refractivity contribution < 1.29 is 17.9 Å². The largest absolute Gasteiger partial charge is 0.452 e. The average Bonchev–Trinajstić information content (AvgIpc) is 2.52. The van der Waals surface area contributed by atoms with Crippen LogP contribution in [0.25, 0.3) is 0 Å². The number of hydrogen-bond donors (Lipinski definition) is 1. The highest BCUT2D eigenvalue weighted by atomic mass is 35.5. The Kier molecular flexibility index (Phi) is 3.81. The molecule has 1 unspecified atom stereocenters. The van der Waals surface area contributed by atoms with Crippen molar-refractivity contribution in [1.82, 2.24) is 10.1 Å². The van der Waals surface area contributed by atoms with E-state index in [0.29, 0.717) is 5.12 Å². The molecule has 0 radical (unpaired) electrons. The molecular formula is C11H10Cl2F3N3O. The number of rotatable bonds is 2. The molecule has 0 amide bonds. The van der Waals surface area contributed by atoms with Crippen LogP contribution < -0.4 is 10.6 Å². The van der Waals surface area contributed by atoms with Gasteiger partial charge in [-0.2, -0.15) is 13.2 Å². The zero-order chi connectivity index (χ0) is 15.1. The minimum Gasteiger partial charge on any atom is -0.452 e. The first kappa shape index (κ1) is 15.2. The molecule has 1 heterocycles. The van der Waals surface area contributed by atoms with Crippen molar-refractivity contribution in [3.05, 3.63) is 41.1 Å². The van der Waals surface area contributed by atoms with Crippen molar-refractivity contribution in [3.8, 4) is 5.75 Å². The van der Waals surface area contributed by atoms with E-state index in [-0.39, 0.29) is 5.75 Å². The lowest BCUT2D eigenvalue weighted by atomic mass is 10.3. The lowest BCUT2D eigenvalue weighted by Gasteiger charge is -2.33. The summed E-state index contributed by atoms with van der Waals surface area (Å²) in [6.45, 7) is 0. The lowest BCUT2D eigenvalue weighted by molar-refractivity contribution is -0.143. The number of benzene rings is 1. The van der Waals surface area contributed by atoms with Crippen LogP contribution in [0, 0.1) is 0 Å². The van der Waals surface area contributed by atoms with Crippen molar-refractivity contribution in [1.29, 1.82) is 0 Å². The molecule has 110 valence electrons. The molecular weight excluding hydrogens is 318 g/mol. The van der Waals surface area contributed by atoms with Crippen molar-refractivity contribution in [2.45, 2.75) is 11.4 Å². The van der Waals surface area contributed by atoms with Gasteiger partial charge >= 0.3 is 6.18 Å². The number of hydrazine groups is 2. The molecule has 9 heteroatoms. The van der Waals surface area contributed by atoms with Crippen molar-refractivity contribution in [2.75, 3.05) is 7.05 Å². The van der Waals surface area contributed by atoms with E-state index in [1.54, 1.807) is 18.2 Å². The molecule has 2 rings (SSSR count). The van der Waals surface area contributed by atoms with Gasteiger partial charge in [0.25, 0.3) is 5.18 Å². The third-order valence-corrected chi connectivity index (χ3v) is 3.75. The van der Waals surface area contributed by atoms with E-state index in [4.69, 9.17) is 33.8 Å². The van der Waals surface area contributed by atoms with Gasteiger partial charge in [-0.05, 0) is 23.7 Å². The minimum atomic E-state index is -4.75. The quantitative estimate of drug-likeness (QED) is 0.515. The number of likely N-dealkylation sites (N-methyl/N-ethyl adjacent to an activating group) is 1. The van der Waals surface area contributed by atoms with Gasteiger partial charge in [-0.15, -0.1) is 5.01 Å². The van der Waals surface area contributed by atoms with Crippen LogP contribution in [0.15, 0.2) is 41.1 Å². The van der Waals surface area contributed by atoms with Gasteiger partial charge < -0.3 is 4.74 Å². The molecule has 0 fully saturated rings. The van der Waals surface area contributed by atoms with Gasteiger partial charge in [0.15, 0.2) is 5.70 Å². The summed E-state index contributed by atoms with van der Waals surface area (Å²) in [5.41, 5.74) is -1.27. The molecule has 1 aliphatic rings. The van der Waals surface area contributed by atoms with Gasteiger partial charge in [-0.25, -0.2) is 11.0 Å². The zero-order valence-electron chi connectivity index (χ0n) is 10.2. The summed E-state index contributed by atoms with van der Waals surface area (Å²) in [6, 6.07) is 8.09. The molecule has 1 aromatic carbocycles. The first-order valence-corrected chi connectivity index (χ1v) is 6.12. The molecule has 4 nitrogen and oxygen atoms in total. The van der Waals surface area contributed by atoms with Crippen LogP contribution in [0.3, 0.4) is 0 Å². The molecule has 0 saturated heterocycles. The normalized spacial score (nSPS) is 24.4. The Hall–Kier alpha value is -1.15. The summed E-state index contributed by atoms with van der Waals surface area (Å²) < 4.78 is 44.1. The second kappa shape index (κ2) is 5.00. The Labute approximate surface area is 123 Å². The SMILES string of the molecule is CN1N(N)C(C(F)(F)F)=C(Cl)C1(Cl)Oc1ccccc1. The maximum atomic E-state index is 12.9. The molecule has 2 N–H and O–H groups in total. The molecule has 0 aliphatic carbocycles. The van der Waals surface area contributed by atoms with Crippen LogP contribution in [0.2, 0.25) is 0 Å². The van der Waals surface area contributed by atoms with Crippen molar-refractivity contribution in [3.63, 3.8) is 0 Å². The third kappa shape index (κ3) is 2.42. The fraction of sp³-hybridized carbons (Fsp3) is 0.273. The first-order chi connectivity index (χ1) is 9.18. The molecule has 0 bridgehead atoms. The predicted molar refractivity (Wildman–Crippen MR) is 68.4 cm³/mol. The standard InChI is InChI=1S/C11H10Cl2F3N3O/c1-18-10(13,20-7-5-3-2-4-6-7)8(12)9(19(18)17)11(14,15)16/h2-6H,17H2,1H3. The molecule has 1 aliphatic heterocycles. The number of nitrogens with zero attached hydrogens (tertiary/aromatic N) is 2. The number of allylic oxidation sites excluding steroid dienone is 1. The van der Waals surface area contributed by atoms with Gasteiger partial charge in [-0.1, -0.05) is 29.8 Å². The van der Waals surface area contributed by atoms with Crippen LogP contribution >= 0.6 is 23.2 Å². The maximum absolute atomic E-state index is 12.9. The van der Waals surface area contributed by atoms with E-state index in [0.717, 1.165) is 5.01 Å². The number of para-hydroxylation sites is 1. The van der Waals surface area contributed by atoms with Crippen molar-refractivity contribution in [2.24, 2.45) is 5.84 Å². The molecule has 1 atom stereocenters. The van der Waals surface area contributed by atoms with Crippen LogP contribution in [0.1, 0.15) is 0 Å². The second-order valence-electron chi connectivity index (χ2n) is 4.00. The molecule has 0 aromatic heterocycles. The van der Waals surface area contributed by atoms with Gasteiger partial charge in [0, 0.05) is 7.05 Å². The highest BCUT2D eigenvalue weighted by Crippen LogP contribution is 2.47. The molecule has 1 aromatic rings. The zero-order valence-corrected chi connectivity index (χ0v) is 11.7. The summed E-state index contributed by atoms with van der Waals surface area (Å²) in [5.74, 6) is 5.61. The number of halogens is 5. The summed E-state index contributed by atoms with van der Waals surface area (Å²) >= 11 is 11.8. The second-order valence-corrected chi connectivity index (χ2v) is 4.90. The van der Waals surface area contributed by atoms with Crippen LogP contribution in [0.5, 0.6) is 5.75 Å². The van der Waals surface area contributed by atoms with Gasteiger partial charge in [-0.3, -0.25) is 0 Å². The fourth-order valence-corrected chi connectivity index (χ4v) is 2.30. The van der Waals surface area contributed by atoms with Gasteiger partial charge in [0.2, 0.25) is 0 Å². The first-order valence-electron chi connectivity index (χ1n) is 5.37. The summed E-state index contributed by atoms with van der Waals surface area (Å²) in [7, 11) is 1.23. The number of nitrogens with two attached hydrogens (primary N) is 1. The Bertz CT molecular complexity index is 537. The van der Waals surface area contributed by atoms with E-state index < -0.39 is 22.1 Å². The highest BCUT2D eigenvalue weighted by Gasteiger charge is 2.57. The third-order valence-electron chi connectivity index (χ3n) is 2.71. The number of ether oxygens (including phenoxy) is 1. The maximum Gasteiger partial charge on any atom is 0.435 e. The van der Waals surface area contributed by atoms with E-state index in [1.807, 2.05) is 0 Å². The Morgan fingerprint density at radius 3 is 2.25 bits per heavy atom. The monoisotopic (exact) mass is 327 g/mol. The van der Waals surface area contributed by atoms with E-state index >= 15 is 0 Å². The summed E-state index contributed by atoms with van der Waals surface area (Å²) in [6.07, 6.45) is -4.75. The summed E-state index contributed by atoms with van der Waals surface area (Å²) in [4.78, 5) is 0. The van der Waals surface area contributed by atoms with E-state index in [1.165, 1.54) is 19.2 Å². The Balaban J connectivity index is 2.42. The number of hydrogen-bond acceptors (Lipinski definition) is 4. The van der Waals surface area contributed by atoms with Gasteiger partial charge in [0.05, 0.1) is 0 Å². The van der Waals surface area contributed by atoms with Crippen LogP contribution in [-0.2, 0) is 0 Å². The summed E-state index contributed by atoms with van der Waals surface area (Å²) in [5, 5.41) is -1.63. The molecule has 0 spiro atoms. The molecule has 0 saturated carbocycles. The fourth-order valence-electron chi connectivity index (χ4n) is 1.69. The topological polar surface area (TPSA) is 41.7 Å². The van der Waals surface area contributed by atoms with Crippen LogP contribution in [-0.4, -0.2) is 28.5 Å². The van der Waals surface area contributed by atoms with E-state index in [9.17, 15) is 13.2 Å². The van der Waals surface area contributed by atoms with Crippen LogP contribution in [0.4, 0.5) is 13.2 Å². The minimum absolute atomic E-state index is 0.254. The number of alkyl halides is 4. The highest BCUT2D eigenvalue weighted by molar-refractivity contribution is 6.39. The Morgan fingerprint density at radius 1 is 1.25 bits per heavy atom. The smallest absolute Gasteiger partial charge is 0.435 e. The lowest BCUT2D eigenvalue weighted by Crippen LogP contribution is -2.52. The van der Waals surface area contributed by atoms with E-state index in [2.05, 4.69) is 0 Å². The predicted octanol–water partition coefficient (Wildman–Crippen LogP) is 3.01. The molecule has 20 heavy (non-hydrogen) atoms. The average molecular weight is 328 g/mol. The Morgan fingerprint density at radius 2 is 1.80 bits per heavy atom. The van der Waals surface area contributed by atoms with Gasteiger partial charge in [0.1, 0.15) is 10.8 Å².